The van der Waals surface area contributed by atoms with Gasteiger partial charge in [0.25, 0.3) is 0 Å². The third kappa shape index (κ3) is 11.8. The summed E-state index contributed by atoms with van der Waals surface area (Å²) in [5.41, 5.74) is 10.6. The summed E-state index contributed by atoms with van der Waals surface area (Å²) >= 11 is 0. The Morgan fingerprint density at radius 3 is 1.69 bits per heavy atom. The molecule has 0 aromatic heterocycles. The van der Waals surface area contributed by atoms with Crippen molar-refractivity contribution in [2.75, 3.05) is 39.5 Å². The molecule has 13 heavy (non-hydrogen) atoms. The zero-order valence-electron chi connectivity index (χ0n) is 8.34. The highest BCUT2D eigenvalue weighted by atomic mass is 16.5. The van der Waals surface area contributed by atoms with Crippen LogP contribution >= 0.6 is 0 Å². The predicted octanol–water partition coefficient (Wildman–Crippen LogP) is 0.107. The van der Waals surface area contributed by atoms with Gasteiger partial charge in [-0.3, -0.25) is 0 Å². The molecule has 0 bridgehead atoms. The molecule has 0 aliphatic carbocycles. The Labute approximate surface area is 80.6 Å². The molecule has 4 nitrogen and oxygen atoms in total. The third-order valence-electron chi connectivity index (χ3n) is 1.58. The Kier molecular flexibility index (Phi) is 11.7. The topological polar surface area (TPSA) is 70.5 Å². The van der Waals surface area contributed by atoms with Crippen LogP contribution in [0.15, 0.2) is 0 Å². The predicted molar refractivity (Wildman–Crippen MR) is 53.6 cm³/mol. The molecule has 0 spiro atoms. The van der Waals surface area contributed by atoms with E-state index >= 15 is 0 Å². The quantitative estimate of drug-likeness (QED) is 0.480. The van der Waals surface area contributed by atoms with Crippen molar-refractivity contribution in [3.63, 3.8) is 0 Å². The van der Waals surface area contributed by atoms with Crippen LogP contribution in [0.4, 0.5) is 0 Å². The van der Waals surface area contributed by atoms with Crippen LogP contribution in [0.2, 0.25) is 0 Å². The van der Waals surface area contributed by atoms with Crippen molar-refractivity contribution in [2.24, 2.45) is 11.5 Å². The standard InChI is InChI=1S/C9H22N2O2/c10-4-3-8-12-6-1-2-7-13-9-5-11/h1-11H2. The molecule has 0 radical (unpaired) electrons. The van der Waals surface area contributed by atoms with E-state index in [4.69, 9.17) is 20.9 Å². The number of ether oxygens (including phenoxy) is 2. The van der Waals surface area contributed by atoms with Crippen molar-refractivity contribution in [1.82, 2.24) is 0 Å². The van der Waals surface area contributed by atoms with Crippen LogP contribution in [0.3, 0.4) is 0 Å². The molecular formula is C9H22N2O2. The van der Waals surface area contributed by atoms with Crippen LogP contribution in [0.25, 0.3) is 0 Å². The monoisotopic (exact) mass is 190 g/mol. The van der Waals surface area contributed by atoms with E-state index in [1.165, 1.54) is 0 Å². The van der Waals surface area contributed by atoms with Crippen LogP contribution in [0, 0.1) is 0 Å². The number of nitrogens with two attached hydrogens (primary N) is 2. The molecule has 0 aliphatic heterocycles. The average molecular weight is 190 g/mol. The smallest absolute Gasteiger partial charge is 0.0588 e. The highest BCUT2D eigenvalue weighted by molar-refractivity contribution is 4.40. The molecule has 0 atom stereocenters. The lowest BCUT2D eigenvalue weighted by molar-refractivity contribution is 0.105. The maximum absolute atomic E-state index is 5.32. The first-order chi connectivity index (χ1) is 6.41. The number of hydrogen-bond donors (Lipinski definition) is 2. The van der Waals surface area contributed by atoms with E-state index in [9.17, 15) is 0 Å². The van der Waals surface area contributed by atoms with Gasteiger partial charge in [-0.25, -0.2) is 0 Å². The summed E-state index contributed by atoms with van der Waals surface area (Å²) in [5, 5.41) is 0. The van der Waals surface area contributed by atoms with Gasteiger partial charge in [-0.15, -0.1) is 0 Å². The van der Waals surface area contributed by atoms with Crippen molar-refractivity contribution >= 4 is 0 Å². The van der Waals surface area contributed by atoms with Crippen molar-refractivity contribution in [1.29, 1.82) is 0 Å². The van der Waals surface area contributed by atoms with Crippen molar-refractivity contribution in [3.05, 3.63) is 0 Å². The Hall–Kier alpha value is -0.160. The minimum absolute atomic E-state index is 0.604. The number of hydrogen-bond acceptors (Lipinski definition) is 4. The fourth-order valence-electron chi connectivity index (χ4n) is 0.881. The van der Waals surface area contributed by atoms with Crippen molar-refractivity contribution in [3.8, 4) is 0 Å². The highest BCUT2D eigenvalue weighted by Crippen LogP contribution is 1.91. The molecule has 0 amide bonds. The van der Waals surface area contributed by atoms with Gasteiger partial charge in [0, 0.05) is 26.4 Å². The van der Waals surface area contributed by atoms with Crippen LogP contribution in [-0.4, -0.2) is 39.5 Å². The fourth-order valence-corrected chi connectivity index (χ4v) is 0.881. The molecule has 80 valence electrons. The minimum Gasteiger partial charge on any atom is -0.381 e. The summed E-state index contributed by atoms with van der Waals surface area (Å²) in [6.07, 6.45) is 3.04. The van der Waals surface area contributed by atoms with Gasteiger partial charge in [0.1, 0.15) is 0 Å². The molecule has 4 N–H and O–H groups in total. The summed E-state index contributed by atoms with van der Waals surface area (Å²) in [5.74, 6) is 0. The van der Waals surface area contributed by atoms with E-state index in [0.29, 0.717) is 19.7 Å². The van der Waals surface area contributed by atoms with Crippen LogP contribution in [-0.2, 0) is 9.47 Å². The Balaban J connectivity index is 2.76. The molecule has 0 aromatic rings. The van der Waals surface area contributed by atoms with Gasteiger partial charge in [0.05, 0.1) is 6.61 Å². The zero-order valence-corrected chi connectivity index (χ0v) is 8.34. The highest BCUT2D eigenvalue weighted by Gasteiger charge is 1.90. The summed E-state index contributed by atoms with van der Waals surface area (Å²) in [6, 6.07) is 0. The maximum atomic E-state index is 5.32. The van der Waals surface area contributed by atoms with Gasteiger partial charge in [0.15, 0.2) is 0 Å². The first kappa shape index (κ1) is 12.8. The van der Waals surface area contributed by atoms with Crippen LogP contribution < -0.4 is 11.5 Å². The lowest BCUT2D eigenvalue weighted by Crippen LogP contribution is -2.09. The van der Waals surface area contributed by atoms with Gasteiger partial charge in [-0.1, -0.05) is 0 Å². The molecule has 0 rings (SSSR count). The van der Waals surface area contributed by atoms with Gasteiger partial charge in [-0.2, -0.15) is 0 Å². The Morgan fingerprint density at radius 1 is 0.615 bits per heavy atom. The average Bonchev–Trinajstić information content (AvgIpc) is 2.16. The van der Waals surface area contributed by atoms with E-state index in [2.05, 4.69) is 0 Å². The van der Waals surface area contributed by atoms with E-state index in [1.807, 2.05) is 0 Å². The largest absolute Gasteiger partial charge is 0.381 e. The number of rotatable bonds is 10. The molecule has 0 saturated carbocycles. The fraction of sp³-hybridized carbons (Fsp3) is 1.00. The first-order valence-electron chi connectivity index (χ1n) is 4.97. The Bertz CT molecular complexity index is 81.7. The van der Waals surface area contributed by atoms with Crippen molar-refractivity contribution < 1.29 is 9.47 Å². The number of unbranched alkanes of at least 4 members (excludes halogenated alkanes) is 1. The second kappa shape index (κ2) is 11.8. The summed E-state index contributed by atoms with van der Waals surface area (Å²) < 4.78 is 10.5. The third-order valence-corrected chi connectivity index (χ3v) is 1.58. The molecule has 4 heteroatoms. The summed E-state index contributed by atoms with van der Waals surface area (Å²) in [6.45, 7) is 4.35. The van der Waals surface area contributed by atoms with Gasteiger partial charge < -0.3 is 20.9 Å². The minimum atomic E-state index is 0.604. The second-order valence-corrected chi connectivity index (χ2v) is 2.86. The van der Waals surface area contributed by atoms with Crippen LogP contribution in [0.5, 0.6) is 0 Å². The molecule has 0 unspecified atom stereocenters. The lowest BCUT2D eigenvalue weighted by Gasteiger charge is -2.03. The molecule has 0 saturated heterocycles. The van der Waals surface area contributed by atoms with E-state index in [1.54, 1.807) is 0 Å². The zero-order chi connectivity index (χ0) is 9.78. The Morgan fingerprint density at radius 2 is 1.15 bits per heavy atom. The van der Waals surface area contributed by atoms with E-state index in [0.717, 1.165) is 39.1 Å². The van der Waals surface area contributed by atoms with Crippen LogP contribution in [0.1, 0.15) is 19.3 Å². The maximum Gasteiger partial charge on any atom is 0.0588 e. The van der Waals surface area contributed by atoms with E-state index in [-0.39, 0.29) is 0 Å². The SMILES string of the molecule is NCCCOCCCCOCCN. The van der Waals surface area contributed by atoms with Crippen molar-refractivity contribution in [2.45, 2.75) is 19.3 Å². The summed E-state index contributed by atoms with van der Waals surface area (Å²) in [7, 11) is 0. The molecule has 0 aliphatic rings. The molecule has 0 fully saturated rings. The van der Waals surface area contributed by atoms with E-state index < -0.39 is 0 Å². The normalized spacial score (nSPS) is 10.6. The van der Waals surface area contributed by atoms with Gasteiger partial charge in [0.2, 0.25) is 0 Å². The molecular weight excluding hydrogens is 168 g/mol. The van der Waals surface area contributed by atoms with Gasteiger partial charge >= 0.3 is 0 Å². The first-order valence-corrected chi connectivity index (χ1v) is 4.97. The molecule has 0 aromatic carbocycles. The van der Waals surface area contributed by atoms with Gasteiger partial charge in [-0.05, 0) is 25.8 Å². The summed E-state index contributed by atoms with van der Waals surface area (Å²) in [4.78, 5) is 0. The molecule has 0 heterocycles. The second-order valence-electron chi connectivity index (χ2n) is 2.86. The lowest BCUT2D eigenvalue weighted by atomic mass is 10.3.